The molecule has 9 nitrogen and oxygen atoms in total. The summed E-state index contributed by atoms with van der Waals surface area (Å²) in [6.45, 7) is 4.25. The first-order valence-corrected chi connectivity index (χ1v) is 8.59. The highest BCUT2D eigenvalue weighted by molar-refractivity contribution is 7.13. The molecule has 128 valence electrons. The standard InChI is InChI=1S/C14H20N8OS/c15-13(17-4-3-16-12(23)11-1-2-19-20-11)21-6-8-22(9-7-21)14-18-5-10-24-14/h1-2,5,10H,3-4,6-9H2,(H2,15,17)(H,16,23)(H,19,20). The van der Waals surface area contributed by atoms with Crippen molar-refractivity contribution >= 4 is 28.3 Å². The van der Waals surface area contributed by atoms with Crippen LogP contribution in [0.4, 0.5) is 5.13 Å². The molecule has 0 saturated carbocycles. The molecule has 3 rings (SSSR count). The number of guanidine groups is 1. The van der Waals surface area contributed by atoms with E-state index < -0.39 is 0 Å². The Kier molecular flexibility index (Phi) is 5.26. The van der Waals surface area contributed by atoms with Crippen LogP contribution in [0, 0.1) is 0 Å². The Bertz CT molecular complexity index is 661. The number of aromatic nitrogens is 3. The Balaban J connectivity index is 1.39. The Morgan fingerprint density at radius 3 is 2.88 bits per heavy atom. The maximum absolute atomic E-state index is 11.7. The molecule has 0 aromatic carbocycles. The molecule has 0 radical (unpaired) electrons. The average Bonchev–Trinajstić information content (AvgIpc) is 3.32. The van der Waals surface area contributed by atoms with Crippen LogP contribution in [0.2, 0.25) is 0 Å². The molecular weight excluding hydrogens is 328 g/mol. The number of aliphatic imine (C=N–C) groups is 1. The van der Waals surface area contributed by atoms with E-state index in [1.54, 1.807) is 17.4 Å². The summed E-state index contributed by atoms with van der Waals surface area (Å²) in [5, 5.41) is 12.1. The quantitative estimate of drug-likeness (QED) is 0.389. The summed E-state index contributed by atoms with van der Waals surface area (Å²) in [5.41, 5.74) is 6.47. The van der Waals surface area contributed by atoms with Gasteiger partial charge in [-0.05, 0) is 6.07 Å². The summed E-state index contributed by atoms with van der Waals surface area (Å²) in [5.74, 6) is 0.322. The van der Waals surface area contributed by atoms with E-state index in [-0.39, 0.29) is 5.91 Å². The van der Waals surface area contributed by atoms with Gasteiger partial charge in [-0.25, -0.2) is 4.98 Å². The van der Waals surface area contributed by atoms with E-state index >= 15 is 0 Å². The SMILES string of the molecule is NC(=NCCNC(=O)c1ccn[nH]1)N1CCN(c2nccs2)CC1. The Morgan fingerprint density at radius 1 is 1.38 bits per heavy atom. The molecule has 2 aromatic rings. The lowest BCUT2D eigenvalue weighted by molar-refractivity contribution is 0.0950. The highest BCUT2D eigenvalue weighted by Gasteiger charge is 2.19. The van der Waals surface area contributed by atoms with Gasteiger partial charge in [-0.1, -0.05) is 0 Å². The van der Waals surface area contributed by atoms with Gasteiger partial charge in [-0.3, -0.25) is 14.9 Å². The number of nitrogens with zero attached hydrogens (tertiary/aromatic N) is 5. The summed E-state index contributed by atoms with van der Waals surface area (Å²) in [4.78, 5) is 24.7. The zero-order valence-corrected chi connectivity index (χ0v) is 14.0. The molecular formula is C14H20N8OS. The molecule has 4 N–H and O–H groups in total. The van der Waals surface area contributed by atoms with Gasteiger partial charge in [0.05, 0.1) is 6.54 Å². The number of hydrogen-bond donors (Lipinski definition) is 3. The molecule has 0 aliphatic carbocycles. The third-order valence-corrected chi connectivity index (χ3v) is 4.54. The van der Waals surface area contributed by atoms with Crippen LogP contribution < -0.4 is 16.0 Å². The van der Waals surface area contributed by atoms with E-state index in [0.29, 0.717) is 24.7 Å². The van der Waals surface area contributed by atoms with E-state index in [9.17, 15) is 4.79 Å². The van der Waals surface area contributed by atoms with Crippen molar-refractivity contribution in [3.8, 4) is 0 Å². The number of H-pyrrole nitrogens is 1. The van der Waals surface area contributed by atoms with Gasteiger partial charge in [-0.2, -0.15) is 5.10 Å². The number of aromatic amines is 1. The Hall–Kier alpha value is -2.62. The van der Waals surface area contributed by atoms with E-state index in [4.69, 9.17) is 5.73 Å². The zero-order chi connectivity index (χ0) is 16.8. The van der Waals surface area contributed by atoms with Crippen LogP contribution in [0.1, 0.15) is 10.5 Å². The van der Waals surface area contributed by atoms with Crippen LogP contribution in [0.5, 0.6) is 0 Å². The zero-order valence-electron chi connectivity index (χ0n) is 13.2. The van der Waals surface area contributed by atoms with Crippen molar-refractivity contribution in [3.63, 3.8) is 0 Å². The van der Waals surface area contributed by atoms with Gasteiger partial charge in [0.2, 0.25) is 0 Å². The van der Waals surface area contributed by atoms with Crippen LogP contribution in [0.15, 0.2) is 28.8 Å². The molecule has 0 spiro atoms. The summed E-state index contributed by atoms with van der Waals surface area (Å²) >= 11 is 1.65. The van der Waals surface area contributed by atoms with E-state index in [2.05, 4.69) is 35.3 Å². The molecule has 0 bridgehead atoms. The van der Waals surface area contributed by atoms with Crippen LogP contribution in [0.3, 0.4) is 0 Å². The number of anilines is 1. The second kappa shape index (κ2) is 7.77. The van der Waals surface area contributed by atoms with Gasteiger partial charge < -0.3 is 20.9 Å². The molecule has 1 amide bonds. The lowest BCUT2D eigenvalue weighted by Gasteiger charge is -2.35. The van der Waals surface area contributed by atoms with Crippen molar-refractivity contribution < 1.29 is 4.79 Å². The predicted molar refractivity (Wildman–Crippen MR) is 93.3 cm³/mol. The molecule has 3 heterocycles. The minimum Gasteiger partial charge on any atom is -0.370 e. The lowest BCUT2D eigenvalue weighted by Crippen LogP contribution is -2.51. The number of nitrogens with one attached hydrogen (secondary N) is 2. The molecule has 1 fully saturated rings. The third-order valence-electron chi connectivity index (χ3n) is 3.71. The fourth-order valence-corrected chi connectivity index (χ4v) is 3.11. The summed E-state index contributed by atoms with van der Waals surface area (Å²) in [6, 6.07) is 1.62. The third kappa shape index (κ3) is 4.02. The Morgan fingerprint density at radius 2 is 2.21 bits per heavy atom. The number of carbonyl (C=O) groups is 1. The maximum atomic E-state index is 11.7. The summed E-state index contributed by atoms with van der Waals surface area (Å²) < 4.78 is 0. The van der Waals surface area contributed by atoms with Gasteiger partial charge in [0.15, 0.2) is 11.1 Å². The van der Waals surface area contributed by atoms with E-state index in [1.807, 2.05) is 11.6 Å². The van der Waals surface area contributed by atoms with Crippen LogP contribution in [0.25, 0.3) is 0 Å². The van der Waals surface area contributed by atoms with Crippen molar-refractivity contribution in [1.29, 1.82) is 0 Å². The topological polar surface area (TPSA) is 116 Å². The first-order valence-electron chi connectivity index (χ1n) is 7.71. The van der Waals surface area contributed by atoms with Gasteiger partial charge >= 0.3 is 0 Å². The fourth-order valence-electron chi connectivity index (χ4n) is 2.42. The number of hydrogen-bond acceptors (Lipinski definition) is 6. The average molecular weight is 348 g/mol. The highest BCUT2D eigenvalue weighted by atomic mass is 32.1. The van der Waals surface area contributed by atoms with Gasteiger partial charge in [0, 0.05) is 50.5 Å². The van der Waals surface area contributed by atoms with Gasteiger partial charge in [0.25, 0.3) is 5.91 Å². The number of thiazole rings is 1. The number of amides is 1. The Labute approximate surface area is 143 Å². The second-order valence-corrected chi connectivity index (χ2v) is 6.13. The van der Waals surface area contributed by atoms with Crippen LogP contribution in [-0.2, 0) is 0 Å². The van der Waals surface area contributed by atoms with E-state index in [1.165, 1.54) is 6.20 Å². The normalized spacial score (nSPS) is 15.6. The van der Waals surface area contributed by atoms with Gasteiger partial charge in [0.1, 0.15) is 5.69 Å². The first kappa shape index (κ1) is 16.2. The predicted octanol–water partition coefficient (Wildman–Crippen LogP) is -0.267. The minimum atomic E-state index is -0.196. The second-order valence-electron chi connectivity index (χ2n) is 5.25. The molecule has 1 aliphatic heterocycles. The molecule has 1 aliphatic rings. The first-order chi connectivity index (χ1) is 11.7. The van der Waals surface area contributed by atoms with Gasteiger partial charge in [-0.15, -0.1) is 11.3 Å². The van der Waals surface area contributed by atoms with Crippen molar-refractivity contribution in [3.05, 3.63) is 29.5 Å². The number of nitrogens with two attached hydrogens (primary N) is 1. The molecule has 1 saturated heterocycles. The molecule has 2 aromatic heterocycles. The van der Waals surface area contributed by atoms with Crippen molar-refractivity contribution in [2.45, 2.75) is 0 Å². The smallest absolute Gasteiger partial charge is 0.269 e. The summed E-state index contributed by atoms with van der Waals surface area (Å²) in [7, 11) is 0. The van der Waals surface area contributed by atoms with Crippen LogP contribution >= 0.6 is 11.3 Å². The number of piperazine rings is 1. The number of rotatable bonds is 5. The number of carbonyl (C=O) groups excluding carboxylic acids is 1. The summed E-state index contributed by atoms with van der Waals surface area (Å²) in [6.07, 6.45) is 3.36. The maximum Gasteiger partial charge on any atom is 0.269 e. The monoisotopic (exact) mass is 348 g/mol. The molecule has 0 unspecified atom stereocenters. The minimum absolute atomic E-state index is 0.196. The van der Waals surface area contributed by atoms with Crippen LogP contribution in [-0.4, -0.2) is 71.2 Å². The molecule has 0 atom stereocenters. The highest BCUT2D eigenvalue weighted by Crippen LogP contribution is 2.18. The lowest BCUT2D eigenvalue weighted by atomic mass is 10.3. The van der Waals surface area contributed by atoms with Crippen molar-refractivity contribution in [2.24, 2.45) is 10.7 Å². The molecule has 10 heteroatoms. The molecule has 24 heavy (non-hydrogen) atoms. The fraction of sp³-hybridized carbons (Fsp3) is 0.429. The van der Waals surface area contributed by atoms with E-state index in [0.717, 1.165) is 31.3 Å². The largest absolute Gasteiger partial charge is 0.370 e. The van der Waals surface area contributed by atoms with Crippen molar-refractivity contribution in [1.82, 2.24) is 25.4 Å². The van der Waals surface area contributed by atoms with Crippen molar-refractivity contribution in [2.75, 3.05) is 44.2 Å².